The summed E-state index contributed by atoms with van der Waals surface area (Å²) in [7, 11) is 0. The number of guanidine groups is 1. The Morgan fingerprint density at radius 3 is 2.00 bits per heavy atom. The third-order valence-electron chi connectivity index (χ3n) is 4.75. The summed E-state index contributed by atoms with van der Waals surface area (Å²) in [6.45, 7) is 3.07. The van der Waals surface area contributed by atoms with E-state index in [4.69, 9.17) is 27.4 Å². The lowest BCUT2D eigenvalue weighted by Gasteiger charge is -2.25. The number of thiol groups is 1. The van der Waals surface area contributed by atoms with E-state index in [-0.39, 0.29) is 30.6 Å². The maximum Gasteiger partial charge on any atom is 0.328 e. The first kappa shape index (κ1) is 29.4. The van der Waals surface area contributed by atoms with Crippen LogP contribution in [0, 0.1) is 5.92 Å². The summed E-state index contributed by atoms with van der Waals surface area (Å²) in [4.78, 5) is 52.4. The number of carbonyl (C=O) groups is 4. The van der Waals surface area contributed by atoms with E-state index in [1.54, 1.807) is 6.92 Å². The van der Waals surface area contributed by atoms with Crippen LogP contribution in [0.15, 0.2) is 4.99 Å². The number of nitrogens with two attached hydrogens (primary N) is 3. The molecule has 0 aliphatic carbocycles. The quantitative estimate of drug-likeness (QED) is 0.0501. The number of nitrogens with zero attached hydrogens (tertiary/aromatic N) is 1. The van der Waals surface area contributed by atoms with Gasteiger partial charge in [0.1, 0.15) is 18.1 Å². The van der Waals surface area contributed by atoms with Crippen LogP contribution in [0.2, 0.25) is 0 Å². The van der Waals surface area contributed by atoms with Gasteiger partial charge in [0, 0.05) is 12.3 Å². The maximum atomic E-state index is 12.8. The highest BCUT2D eigenvalue weighted by atomic mass is 32.1. The second-order valence-electron chi connectivity index (χ2n) is 7.25. The molecule has 13 nitrogen and oxygen atoms in total. The van der Waals surface area contributed by atoms with Crippen molar-refractivity contribution in [3.8, 4) is 0 Å². The van der Waals surface area contributed by atoms with Gasteiger partial charge in [-0.1, -0.05) is 20.3 Å². The zero-order chi connectivity index (χ0) is 24.8. The molecule has 0 radical (unpaired) electrons. The maximum absolute atomic E-state index is 12.8. The molecule has 11 N–H and O–H groups in total. The monoisotopic (exact) mass is 477 g/mol. The van der Waals surface area contributed by atoms with Gasteiger partial charge in [-0.05, 0) is 18.8 Å². The summed E-state index contributed by atoms with van der Waals surface area (Å²) in [5, 5.41) is 25.1. The molecule has 0 fully saturated rings. The fourth-order valence-electron chi connectivity index (χ4n) is 2.48. The number of carboxylic acids is 1. The second kappa shape index (κ2) is 15.3. The first-order valence-electron chi connectivity index (χ1n) is 10.1. The number of nitrogens with one attached hydrogen (secondary N) is 3. The minimum absolute atomic E-state index is 0.113. The fraction of sp³-hybridized carbons (Fsp3) is 0.722. The topological polar surface area (TPSA) is 235 Å². The number of aliphatic hydroxyl groups is 1. The van der Waals surface area contributed by atoms with Crippen molar-refractivity contribution >= 4 is 42.3 Å². The van der Waals surface area contributed by atoms with Crippen LogP contribution in [0.1, 0.15) is 33.1 Å². The zero-order valence-electron chi connectivity index (χ0n) is 18.3. The van der Waals surface area contributed by atoms with E-state index in [1.807, 2.05) is 6.92 Å². The summed E-state index contributed by atoms with van der Waals surface area (Å²) in [6.07, 6.45) is 1.16. The van der Waals surface area contributed by atoms with Crippen LogP contribution >= 0.6 is 12.6 Å². The predicted octanol–water partition coefficient (Wildman–Crippen LogP) is -3.13. The summed E-state index contributed by atoms with van der Waals surface area (Å²) < 4.78 is 0. The van der Waals surface area contributed by atoms with Crippen molar-refractivity contribution in [2.24, 2.45) is 28.1 Å². The van der Waals surface area contributed by atoms with Crippen molar-refractivity contribution in [3.63, 3.8) is 0 Å². The summed E-state index contributed by atoms with van der Waals surface area (Å²) in [5.41, 5.74) is 16.5. The molecule has 184 valence electrons. The standard InChI is InChI=1S/C18H35N7O6S/c1-3-9(2)13(19)16(29)23-10(5-4-6-22-18(20)21)14(27)25-12(8-32)15(28)24-11(7-26)17(30)31/h9-13,26,32H,3-8,19H2,1-2H3,(H,23,29)(H,24,28)(H,25,27)(H,30,31)(H4,20,21,22). The lowest BCUT2D eigenvalue weighted by atomic mass is 9.98. The number of hydrogen-bond donors (Lipinski definition) is 9. The van der Waals surface area contributed by atoms with Gasteiger partial charge in [-0.2, -0.15) is 12.6 Å². The molecule has 0 saturated carbocycles. The largest absolute Gasteiger partial charge is 0.480 e. The Balaban J connectivity index is 5.32. The Hall–Kier alpha value is -2.58. The minimum Gasteiger partial charge on any atom is -0.480 e. The zero-order valence-corrected chi connectivity index (χ0v) is 19.2. The smallest absolute Gasteiger partial charge is 0.328 e. The van der Waals surface area contributed by atoms with E-state index < -0.39 is 54.5 Å². The highest BCUT2D eigenvalue weighted by molar-refractivity contribution is 7.80. The van der Waals surface area contributed by atoms with E-state index in [1.165, 1.54) is 0 Å². The number of carboxylic acid groups (broad SMARTS) is 1. The molecular weight excluding hydrogens is 442 g/mol. The van der Waals surface area contributed by atoms with Gasteiger partial charge >= 0.3 is 5.97 Å². The lowest BCUT2D eigenvalue weighted by molar-refractivity contribution is -0.143. The number of amides is 3. The molecule has 0 aromatic rings. The molecule has 0 saturated heterocycles. The molecule has 14 heteroatoms. The second-order valence-corrected chi connectivity index (χ2v) is 7.61. The van der Waals surface area contributed by atoms with Gasteiger partial charge in [-0.25, -0.2) is 4.79 Å². The molecule has 0 spiro atoms. The third kappa shape index (κ3) is 10.6. The molecule has 0 aromatic carbocycles. The average molecular weight is 478 g/mol. The number of hydrogen-bond acceptors (Lipinski definition) is 8. The molecular formula is C18H35N7O6S. The molecule has 0 heterocycles. The Morgan fingerprint density at radius 1 is 1.00 bits per heavy atom. The van der Waals surface area contributed by atoms with Crippen LogP contribution in [0.25, 0.3) is 0 Å². The number of aliphatic carboxylic acids is 1. The number of rotatable bonds is 15. The predicted molar refractivity (Wildman–Crippen MR) is 122 cm³/mol. The SMILES string of the molecule is CCC(C)C(N)C(=O)NC(CCCN=C(N)N)C(=O)NC(CS)C(=O)NC(CO)C(=O)O. The van der Waals surface area contributed by atoms with Gasteiger partial charge in [-0.3, -0.25) is 19.4 Å². The number of aliphatic imine (C=N–C) groups is 1. The van der Waals surface area contributed by atoms with Crippen molar-refractivity contribution < 1.29 is 29.4 Å². The highest BCUT2D eigenvalue weighted by Gasteiger charge is 2.30. The van der Waals surface area contributed by atoms with Crippen LogP contribution in [0.4, 0.5) is 0 Å². The number of carbonyl (C=O) groups excluding carboxylic acids is 3. The molecule has 0 aliphatic rings. The van der Waals surface area contributed by atoms with Crippen LogP contribution in [-0.2, 0) is 19.2 Å². The normalized spacial score (nSPS) is 15.4. The van der Waals surface area contributed by atoms with Crippen molar-refractivity contribution in [2.75, 3.05) is 18.9 Å². The first-order valence-corrected chi connectivity index (χ1v) is 10.8. The lowest BCUT2D eigenvalue weighted by Crippen LogP contribution is -2.58. The Morgan fingerprint density at radius 2 is 1.53 bits per heavy atom. The molecule has 32 heavy (non-hydrogen) atoms. The molecule has 0 rings (SSSR count). The molecule has 5 unspecified atom stereocenters. The summed E-state index contributed by atoms with van der Waals surface area (Å²) in [6, 6.07) is -4.63. The third-order valence-corrected chi connectivity index (χ3v) is 5.12. The Labute approximate surface area is 192 Å². The van der Waals surface area contributed by atoms with Crippen LogP contribution < -0.4 is 33.2 Å². The van der Waals surface area contributed by atoms with Gasteiger partial charge in [0.05, 0.1) is 12.6 Å². The van der Waals surface area contributed by atoms with Gasteiger partial charge in [0.25, 0.3) is 0 Å². The minimum atomic E-state index is -1.54. The molecule has 0 aliphatic heterocycles. The number of aliphatic hydroxyl groups excluding tert-OH is 1. The summed E-state index contributed by atoms with van der Waals surface area (Å²) >= 11 is 4.01. The van der Waals surface area contributed by atoms with E-state index in [2.05, 4.69) is 33.6 Å². The van der Waals surface area contributed by atoms with Gasteiger partial charge in [0.2, 0.25) is 17.7 Å². The van der Waals surface area contributed by atoms with Crippen LogP contribution in [-0.4, -0.2) is 82.9 Å². The van der Waals surface area contributed by atoms with E-state index in [0.29, 0.717) is 12.8 Å². The van der Waals surface area contributed by atoms with E-state index in [0.717, 1.165) is 0 Å². The summed E-state index contributed by atoms with van der Waals surface area (Å²) in [5.74, 6) is -3.90. The van der Waals surface area contributed by atoms with E-state index in [9.17, 15) is 19.2 Å². The van der Waals surface area contributed by atoms with Crippen molar-refractivity contribution in [1.29, 1.82) is 0 Å². The molecule has 5 atom stereocenters. The highest BCUT2D eigenvalue weighted by Crippen LogP contribution is 2.07. The van der Waals surface area contributed by atoms with Crippen molar-refractivity contribution in [2.45, 2.75) is 57.3 Å². The van der Waals surface area contributed by atoms with Crippen LogP contribution in [0.5, 0.6) is 0 Å². The van der Waals surface area contributed by atoms with Gasteiger partial charge in [0.15, 0.2) is 5.96 Å². The average Bonchev–Trinajstić information content (AvgIpc) is 2.75. The van der Waals surface area contributed by atoms with Gasteiger partial charge < -0.3 is 43.4 Å². The Bertz CT molecular complexity index is 674. The molecule has 3 amide bonds. The molecule has 0 aromatic heterocycles. The molecule has 0 bridgehead atoms. The van der Waals surface area contributed by atoms with Crippen molar-refractivity contribution in [1.82, 2.24) is 16.0 Å². The van der Waals surface area contributed by atoms with Crippen molar-refractivity contribution in [3.05, 3.63) is 0 Å². The van der Waals surface area contributed by atoms with E-state index >= 15 is 0 Å². The van der Waals surface area contributed by atoms with Crippen LogP contribution in [0.3, 0.4) is 0 Å². The fourth-order valence-corrected chi connectivity index (χ4v) is 2.73. The van der Waals surface area contributed by atoms with Gasteiger partial charge in [-0.15, -0.1) is 0 Å². The Kier molecular flexibility index (Phi) is 14.0. The first-order chi connectivity index (χ1) is 15.0.